The number of unbranched alkanes of at least 4 members (excludes halogenated alkanes) is 5. The van der Waals surface area contributed by atoms with Crippen LogP contribution in [0.15, 0.2) is 6.20 Å². The van der Waals surface area contributed by atoms with Crippen molar-refractivity contribution in [3.8, 4) is 0 Å². The number of aliphatic hydroxyl groups excluding tert-OH is 4. The highest BCUT2D eigenvalue weighted by atomic mass is 16.6. The quantitative estimate of drug-likeness (QED) is 0.200. The van der Waals surface area contributed by atoms with E-state index in [1.807, 2.05) is 0 Å². The van der Waals surface area contributed by atoms with Crippen molar-refractivity contribution in [1.29, 1.82) is 0 Å². The lowest BCUT2D eigenvalue weighted by Crippen LogP contribution is -2.67. The molecule has 1 aromatic heterocycles. The fraction of sp³-hybridized carbons (Fsp3) is 0.810. The lowest BCUT2D eigenvalue weighted by molar-refractivity contribution is -0.258. The summed E-state index contributed by atoms with van der Waals surface area (Å²) in [7, 11) is 0. The number of rotatable bonds is 13. The van der Waals surface area contributed by atoms with E-state index in [9.17, 15) is 35.1 Å². The maximum absolute atomic E-state index is 12.3. The Morgan fingerprint density at radius 2 is 1.94 bits per heavy atom. The second-order valence-electron chi connectivity index (χ2n) is 8.58. The highest BCUT2D eigenvalue weighted by molar-refractivity contribution is 5.76. The molecular formula is C21H36N4O8. The summed E-state index contributed by atoms with van der Waals surface area (Å²) in [5.74, 6) is -2.04. The Labute approximate surface area is 192 Å². The molecule has 1 aliphatic rings. The summed E-state index contributed by atoms with van der Waals surface area (Å²) in [5.41, 5.74) is -1.68. The Hall–Kier alpha value is -2.12. The normalized spacial score (nSPS) is 27.2. The number of carboxylic acid groups (broad SMARTS) is 1. The minimum atomic E-state index is -2.23. The molecule has 1 aromatic rings. The number of aliphatic hydroxyl groups is 4. The Kier molecular flexibility index (Phi) is 10.2. The zero-order chi connectivity index (χ0) is 24.6. The van der Waals surface area contributed by atoms with Crippen LogP contribution in [0.5, 0.6) is 0 Å². The van der Waals surface area contributed by atoms with Crippen LogP contribution in [0.3, 0.4) is 0 Å². The molecule has 1 saturated heterocycles. The lowest BCUT2D eigenvalue weighted by Gasteiger charge is -2.46. The van der Waals surface area contributed by atoms with Crippen molar-refractivity contribution in [2.75, 3.05) is 6.61 Å². The van der Waals surface area contributed by atoms with E-state index in [1.165, 1.54) is 19.5 Å². The van der Waals surface area contributed by atoms with E-state index >= 15 is 0 Å². The molecule has 188 valence electrons. The van der Waals surface area contributed by atoms with Crippen molar-refractivity contribution in [3.05, 3.63) is 11.9 Å². The van der Waals surface area contributed by atoms with Crippen molar-refractivity contribution >= 4 is 11.9 Å². The molecule has 33 heavy (non-hydrogen) atoms. The fourth-order valence-electron chi connectivity index (χ4n) is 4.06. The average molecular weight is 473 g/mol. The van der Waals surface area contributed by atoms with Crippen molar-refractivity contribution < 1.29 is 39.9 Å². The predicted molar refractivity (Wildman–Crippen MR) is 115 cm³/mol. The second-order valence-corrected chi connectivity index (χ2v) is 8.58. The fourth-order valence-corrected chi connectivity index (χ4v) is 4.06. The van der Waals surface area contributed by atoms with E-state index in [0.29, 0.717) is 12.1 Å². The van der Waals surface area contributed by atoms with Crippen LogP contribution < -0.4 is 5.32 Å². The number of carboxylic acids is 1. The van der Waals surface area contributed by atoms with Gasteiger partial charge in [-0.05, 0) is 12.8 Å². The molecule has 1 aliphatic heterocycles. The molecule has 1 amide bonds. The average Bonchev–Trinajstić information content (AvgIpc) is 3.25. The predicted octanol–water partition coefficient (Wildman–Crippen LogP) is -0.713. The first kappa shape index (κ1) is 27.1. The van der Waals surface area contributed by atoms with Crippen molar-refractivity contribution in [2.24, 2.45) is 0 Å². The van der Waals surface area contributed by atoms with Gasteiger partial charge < -0.3 is 35.6 Å². The smallest absolute Gasteiger partial charge is 0.359 e. The van der Waals surface area contributed by atoms with Crippen LogP contribution in [0.4, 0.5) is 0 Å². The van der Waals surface area contributed by atoms with Gasteiger partial charge in [0.1, 0.15) is 18.3 Å². The van der Waals surface area contributed by atoms with Crippen molar-refractivity contribution in [1.82, 2.24) is 20.3 Å². The number of nitrogens with zero attached hydrogens (tertiary/aromatic N) is 3. The summed E-state index contributed by atoms with van der Waals surface area (Å²) in [5, 5.41) is 60.7. The molecule has 1 fully saturated rings. The summed E-state index contributed by atoms with van der Waals surface area (Å²) < 4.78 is 6.72. The molecule has 2 rings (SSSR count). The topological polar surface area (TPSA) is 187 Å². The van der Waals surface area contributed by atoms with Gasteiger partial charge in [0.25, 0.3) is 5.72 Å². The van der Waals surface area contributed by atoms with Crippen LogP contribution in [0.1, 0.15) is 64.5 Å². The number of aromatic nitrogens is 3. The van der Waals surface area contributed by atoms with Gasteiger partial charge in [-0.2, -0.15) is 0 Å². The third-order valence-corrected chi connectivity index (χ3v) is 5.90. The van der Waals surface area contributed by atoms with E-state index in [2.05, 4.69) is 22.6 Å². The number of aryl methyl sites for hydroxylation is 1. The number of nitrogens with one attached hydrogen (secondary N) is 1. The molecule has 0 aromatic carbocycles. The molecule has 12 heteroatoms. The van der Waals surface area contributed by atoms with E-state index in [-0.39, 0.29) is 0 Å². The van der Waals surface area contributed by atoms with Crippen LogP contribution >= 0.6 is 0 Å². The zero-order valence-electron chi connectivity index (χ0n) is 19.1. The van der Waals surface area contributed by atoms with Gasteiger partial charge >= 0.3 is 5.97 Å². The highest BCUT2D eigenvalue weighted by Crippen LogP contribution is 2.36. The van der Waals surface area contributed by atoms with Crippen LogP contribution in [-0.2, 0) is 26.5 Å². The van der Waals surface area contributed by atoms with Crippen molar-refractivity contribution in [3.63, 3.8) is 0 Å². The molecular weight excluding hydrogens is 436 g/mol. The Balaban J connectivity index is 2.24. The molecule has 12 nitrogen and oxygen atoms in total. The molecule has 0 bridgehead atoms. The molecule has 6 atom stereocenters. The SMILES string of the molecule is CCCCCCCCc1cn([C@]2(C(=O)O)C[C@H](O)[C@@H](NC(C)=O)[C@H]([C@H](O)[C@H](O)CO)O2)nn1. The first-order valence-corrected chi connectivity index (χ1v) is 11.4. The molecule has 6 N–H and O–H groups in total. The monoisotopic (exact) mass is 472 g/mol. The van der Waals surface area contributed by atoms with Gasteiger partial charge in [-0.25, -0.2) is 9.48 Å². The summed E-state index contributed by atoms with van der Waals surface area (Å²) in [6, 6.07) is -1.22. The highest BCUT2D eigenvalue weighted by Gasteiger charge is 2.56. The maximum atomic E-state index is 12.3. The molecule has 2 heterocycles. The number of carbonyl (C=O) groups excluding carboxylic acids is 1. The number of ether oxygens (including phenoxy) is 1. The van der Waals surface area contributed by atoms with Crippen molar-refractivity contribution in [2.45, 2.75) is 101 Å². The third kappa shape index (κ3) is 6.70. The second kappa shape index (κ2) is 12.4. The number of hydrogen-bond acceptors (Lipinski definition) is 9. The summed E-state index contributed by atoms with van der Waals surface area (Å²) in [6.07, 6.45) is 1.50. The molecule has 0 radical (unpaired) electrons. The minimum absolute atomic E-state index is 0.495. The van der Waals surface area contributed by atoms with Gasteiger partial charge in [-0.15, -0.1) is 5.10 Å². The van der Waals surface area contributed by atoms with E-state index in [1.54, 1.807) is 0 Å². The Morgan fingerprint density at radius 1 is 1.27 bits per heavy atom. The standard InChI is InChI=1S/C21H36N4O8/c1-3-4-5-6-7-8-9-14-11-25(24-23-14)21(20(31)32)10-15(28)17(22-13(2)27)19(33-21)18(30)16(29)12-26/h11,15-19,26,28-30H,3-10,12H2,1-2H3,(H,22,27)(H,31,32)/t15-,16+,17+,18+,19+,21+/m0/s1. The largest absolute Gasteiger partial charge is 0.478 e. The Morgan fingerprint density at radius 3 is 2.55 bits per heavy atom. The van der Waals surface area contributed by atoms with Gasteiger partial charge in [-0.3, -0.25) is 4.79 Å². The van der Waals surface area contributed by atoms with Gasteiger partial charge in [-0.1, -0.05) is 44.2 Å². The minimum Gasteiger partial charge on any atom is -0.478 e. The summed E-state index contributed by atoms with van der Waals surface area (Å²) in [4.78, 5) is 23.9. The first-order valence-electron chi connectivity index (χ1n) is 11.4. The van der Waals surface area contributed by atoms with Crippen LogP contribution in [0, 0.1) is 0 Å². The molecule has 0 aliphatic carbocycles. The maximum Gasteiger partial charge on any atom is 0.359 e. The lowest BCUT2D eigenvalue weighted by atomic mass is 9.87. The van der Waals surface area contributed by atoms with Gasteiger partial charge in [0.05, 0.1) is 30.6 Å². The van der Waals surface area contributed by atoms with E-state index < -0.39 is 61.1 Å². The van der Waals surface area contributed by atoms with Crippen LogP contribution in [0.25, 0.3) is 0 Å². The number of hydrogen-bond donors (Lipinski definition) is 6. The molecule has 0 saturated carbocycles. The van der Waals surface area contributed by atoms with E-state index in [4.69, 9.17) is 4.74 Å². The zero-order valence-corrected chi connectivity index (χ0v) is 19.1. The number of aliphatic carboxylic acids is 1. The van der Waals surface area contributed by atoms with Crippen LogP contribution in [-0.4, -0.2) is 89.5 Å². The van der Waals surface area contributed by atoms with E-state index in [0.717, 1.165) is 36.8 Å². The Bertz CT molecular complexity index is 775. The summed E-state index contributed by atoms with van der Waals surface area (Å²) in [6.45, 7) is 2.49. The molecule has 0 unspecified atom stereocenters. The van der Waals surface area contributed by atoms with Gasteiger partial charge in [0.15, 0.2) is 0 Å². The third-order valence-electron chi connectivity index (χ3n) is 5.90. The first-order chi connectivity index (χ1) is 15.7. The number of carbonyl (C=O) groups is 2. The summed E-state index contributed by atoms with van der Waals surface area (Å²) >= 11 is 0. The molecule has 0 spiro atoms. The van der Waals surface area contributed by atoms with Crippen LogP contribution in [0.2, 0.25) is 0 Å². The number of amides is 1. The van der Waals surface area contributed by atoms with Gasteiger partial charge in [0.2, 0.25) is 5.91 Å². The van der Waals surface area contributed by atoms with Gasteiger partial charge in [0, 0.05) is 13.3 Å².